The van der Waals surface area contributed by atoms with Crippen molar-refractivity contribution in [2.45, 2.75) is 19.6 Å². The fourth-order valence-corrected chi connectivity index (χ4v) is 5.34. The highest BCUT2D eigenvalue weighted by atomic mass is 32.2. The summed E-state index contributed by atoms with van der Waals surface area (Å²) in [6.45, 7) is 4.13. The first-order valence-electron chi connectivity index (χ1n) is 9.82. The molecule has 0 saturated carbocycles. The molecule has 1 heterocycles. The van der Waals surface area contributed by atoms with Gasteiger partial charge in [-0.3, -0.25) is 9.52 Å². The van der Waals surface area contributed by atoms with E-state index in [0.29, 0.717) is 39.9 Å². The van der Waals surface area contributed by atoms with E-state index in [1.54, 1.807) is 60.4 Å². The van der Waals surface area contributed by atoms with Crippen molar-refractivity contribution in [2.75, 3.05) is 23.3 Å². The van der Waals surface area contributed by atoms with Gasteiger partial charge >= 0.3 is 5.97 Å². The number of rotatable bonds is 6. The summed E-state index contributed by atoms with van der Waals surface area (Å²) < 4.78 is 33.4. The van der Waals surface area contributed by atoms with Gasteiger partial charge in [0.25, 0.3) is 5.91 Å². The second kappa shape index (κ2) is 7.70. The fourth-order valence-electron chi connectivity index (χ4n) is 4.03. The molecule has 3 aromatic carbocycles. The van der Waals surface area contributed by atoms with Crippen LogP contribution in [0.4, 0.5) is 11.4 Å². The standard InChI is InChI=1S/C23H22N2O5S/c1-4-25-20-12-11-19(17-9-6-10-18(21(17)20)22(25)26)24-31(28,29)13-15-7-5-8-16(14(15)2)23(27)30-3/h5-12,24H,4,13H2,1-3H3. The molecule has 0 radical (unpaired) electrons. The first kappa shape index (κ1) is 20.9. The Balaban J connectivity index is 1.70. The molecular weight excluding hydrogens is 416 g/mol. The Morgan fingerprint density at radius 3 is 2.55 bits per heavy atom. The lowest BCUT2D eigenvalue weighted by atomic mass is 10.0. The molecule has 1 N–H and O–H groups in total. The molecule has 7 nitrogen and oxygen atoms in total. The Hall–Kier alpha value is -3.39. The molecule has 4 rings (SSSR count). The molecule has 0 fully saturated rings. The largest absolute Gasteiger partial charge is 0.465 e. The summed E-state index contributed by atoms with van der Waals surface area (Å²) in [7, 11) is -2.50. The van der Waals surface area contributed by atoms with Crippen molar-refractivity contribution in [2.24, 2.45) is 0 Å². The topological polar surface area (TPSA) is 92.8 Å². The minimum Gasteiger partial charge on any atom is -0.465 e. The molecular formula is C23H22N2O5S. The molecule has 31 heavy (non-hydrogen) atoms. The van der Waals surface area contributed by atoms with E-state index in [-0.39, 0.29) is 11.7 Å². The quantitative estimate of drug-likeness (QED) is 0.590. The number of hydrogen-bond acceptors (Lipinski definition) is 5. The average molecular weight is 439 g/mol. The Morgan fingerprint density at radius 1 is 1.10 bits per heavy atom. The third-order valence-corrected chi connectivity index (χ3v) is 6.79. The van der Waals surface area contributed by atoms with Crippen molar-refractivity contribution in [3.8, 4) is 0 Å². The van der Waals surface area contributed by atoms with Gasteiger partial charge in [0.05, 0.1) is 29.8 Å². The van der Waals surface area contributed by atoms with Gasteiger partial charge < -0.3 is 9.64 Å². The summed E-state index contributed by atoms with van der Waals surface area (Å²) in [6.07, 6.45) is 0. The minimum atomic E-state index is -3.79. The van der Waals surface area contributed by atoms with Crippen LogP contribution in [0.3, 0.4) is 0 Å². The predicted octanol–water partition coefficient (Wildman–Crippen LogP) is 3.86. The van der Waals surface area contributed by atoms with Crippen LogP contribution in [0.1, 0.15) is 38.8 Å². The number of nitrogens with zero attached hydrogens (tertiary/aromatic N) is 1. The lowest BCUT2D eigenvalue weighted by Crippen LogP contribution is -2.25. The number of carbonyl (C=O) groups is 2. The third-order valence-electron chi connectivity index (χ3n) is 5.56. The Kier molecular flexibility index (Phi) is 5.18. The molecule has 3 aromatic rings. The summed E-state index contributed by atoms with van der Waals surface area (Å²) in [5, 5.41) is 1.42. The van der Waals surface area contributed by atoms with Gasteiger partial charge in [-0.25, -0.2) is 13.2 Å². The molecule has 1 aliphatic rings. The number of amides is 1. The summed E-state index contributed by atoms with van der Waals surface area (Å²) in [5.74, 6) is -0.896. The Bertz CT molecular complexity index is 1330. The molecule has 0 unspecified atom stereocenters. The molecule has 0 bridgehead atoms. The van der Waals surface area contributed by atoms with Crippen LogP contribution >= 0.6 is 0 Å². The van der Waals surface area contributed by atoms with E-state index in [4.69, 9.17) is 4.74 Å². The summed E-state index contributed by atoms with van der Waals surface area (Å²) in [6, 6.07) is 13.7. The smallest absolute Gasteiger partial charge is 0.338 e. The SMILES string of the molecule is CCN1C(=O)c2cccc3c(NS(=O)(=O)Cc4cccc(C(=O)OC)c4C)ccc1c23. The van der Waals surface area contributed by atoms with E-state index >= 15 is 0 Å². The van der Waals surface area contributed by atoms with Crippen molar-refractivity contribution < 1.29 is 22.7 Å². The molecule has 0 spiro atoms. The van der Waals surface area contributed by atoms with Gasteiger partial charge in [0.15, 0.2) is 0 Å². The number of benzene rings is 3. The van der Waals surface area contributed by atoms with E-state index in [1.807, 2.05) is 6.92 Å². The fraction of sp³-hybridized carbons (Fsp3) is 0.217. The number of ether oxygens (including phenoxy) is 1. The van der Waals surface area contributed by atoms with Gasteiger partial charge in [-0.2, -0.15) is 0 Å². The molecule has 8 heteroatoms. The van der Waals surface area contributed by atoms with E-state index in [0.717, 1.165) is 11.1 Å². The van der Waals surface area contributed by atoms with Crippen LogP contribution < -0.4 is 9.62 Å². The van der Waals surface area contributed by atoms with Crippen molar-refractivity contribution >= 4 is 44.0 Å². The average Bonchev–Trinajstić information content (AvgIpc) is 3.03. The van der Waals surface area contributed by atoms with E-state index in [1.165, 1.54) is 7.11 Å². The number of carbonyl (C=O) groups excluding carboxylic acids is 2. The molecule has 1 amide bonds. The monoisotopic (exact) mass is 438 g/mol. The minimum absolute atomic E-state index is 0.0849. The number of hydrogen-bond donors (Lipinski definition) is 1. The molecule has 0 atom stereocenters. The van der Waals surface area contributed by atoms with E-state index in [2.05, 4.69) is 4.72 Å². The lowest BCUT2D eigenvalue weighted by molar-refractivity contribution is 0.0599. The molecule has 160 valence electrons. The number of nitrogens with one attached hydrogen (secondary N) is 1. The molecule has 0 aromatic heterocycles. The molecule has 0 aliphatic carbocycles. The summed E-state index contributed by atoms with van der Waals surface area (Å²) in [5.41, 5.74) is 3.16. The second-order valence-electron chi connectivity index (χ2n) is 7.35. The van der Waals surface area contributed by atoms with Gasteiger partial charge in [0.2, 0.25) is 10.0 Å². The van der Waals surface area contributed by atoms with Crippen LogP contribution in [0, 0.1) is 6.92 Å². The highest BCUT2D eigenvalue weighted by Crippen LogP contribution is 2.40. The zero-order valence-electron chi connectivity index (χ0n) is 17.4. The van der Waals surface area contributed by atoms with Crippen molar-refractivity contribution in [1.29, 1.82) is 0 Å². The molecule has 1 aliphatic heterocycles. The van der Waals surface area contributed by atoms with Crippen LogP contribution in [0.5, 0.6) is 0 Å². The zero-order chi connectivity index (χ0) is 22.3. The van der Waals surface area contributed by atoms with Crippen LogP contribution in [0.15, 0.2) is 48.5 Å². The first-order valence-corrected chi connectivity index (χ1v) is 11.5. The number of esters is 1. The van der Waals surface area contributed by atoms with Gasteiger partial charge in [0.1, 0.15) is 0 Å². The van der Waals surface area contributed by atoms with Crippen molar-refractivity contribution in [1.82, 2.24) is 0 Å². The van der Waals surface area contributed by atoms with Crippen LogP contribution in [0.25, 0.3) is 10.8 Å². The van der Waals surface area contributed by atoms with Gasteiger partial charge in [-0.15, -0.1) is 0 Å². The number of methoxy groups -OCH3 is 1. The first-order chi connectivity index (χ1) is 14.8. The second-order valence-corrected chi connectivity index (χ2v) is 9.07. The maximum Gasteiger partial charge on any atom is 0.338 e. The summed E-state index contributed by atoms with van der Waals surface area (Å²) in [4.78, 5) is 26.2. The predicted molar refractivity (Wildman–Crippen MR) is 120 cm³/mol. The normalized spacial score (nSPS) is 13.0. The highest BCUT2D eigenvalue weighted by molar-refractivity contribution is 7.91. The summed E-state index contributed by atoms with van der Waals surface area (Å²) >= 11 is 0. The maximum atomic E-state index is 13.0. The van der Waals surface area contributed by atoms with Crippen molar-refractivity contribution in [3.63, 3.8) is 0 Å². The number of anilines is 2. The maximum absolute atomic E-state index is 13.0. The Morgan fingerprint density at radius 2 is 1.84 bits per heavy atom. The van der Waals surface area contributed by atoms with Crippen LogP contribution in [0.2, 0.25) is 0 Å². The van der Waals surface area contributed by atoms with Crippen LogP contribution in [-0.2, 0) is 20.5 Å². The van der Waals surface area contributed by atoms with Gasteiger partial charge in [0, 0.05) is 22.9 Å². The zero-order valence-corrected chi connectivity index (χ0v) is 18.2. The van der Waals surface area contributed by atoms with Crippen molar-refractivity contribution in [3.05, 3.63) is 70.8 Å². The van der Waals surface area contributed by atoms with E-state index in [9.17, 15) is 18.0 Å². The lowest BCUT2D eigenvalue weighted by Gasteiger charge is -2.16. The van der Waals surface area contributed by atoms with Gasteiger partial charge in [-0.1, -0.05) is 24.3 Å². The third kappa shape index (κ3) is 3.53. The van der Waals surface area contributed by atoms with E-state index < -0.39 is 16.0 Å². The number of sulfonamides is 1. The molecule has 0 saturated heterocycles. The van der Waals surface area contributed by atoms with Crippen LogP contribution in [-0.4, -0.2) is 33.9 Å². The Labute approximate surface area is 180 Å². The highest BCUT2D eigenvalue weighted by Gasteiger charge is 2.29. The van der Waals surface area contributed by atoms with Gasteiger partial charge in [-0.05, 0) is 49.2 Å².